The van der Waals surface area contributed by atoms with Crippen LogP contribution in [-0.4, -0.2) is 6.61 Å². The molecule has 0 saturated heterocycles. The topological polar surface area (TPSA) is 44.5 Å². The maximum absolute atomic E-state index is 5.88. The summed E-state index contributed by atoms with van der Waals surface area (Å²) in [4.78, 5) is 0. The molecule has 0 spiro atoms. The van der Waals surface area contributed by atoms with Gasteiger partial charge in [-0.05, 0) is 42.8 Å². The van der Waals surface area contributed by atoms with Gasteiger partial charge in [0.15, 0.2) is 0 Å². The second-order valence-corrected chi connectivity index (χ2v) is 5.20. The van der Waals surface area contributed by atoms with E-state index in [1.165, 1.54) is 0 Å². The molecule has 2 aromatic rings. The van der Waals surface area contributed by atoms with Crippen LogP contribution in [0.4, 0.5) is 0 Å². The summed E-state index contributed by atoms with van der Waals surface area (Å²) >= 11 is 3.48. The molecule has 0 unspecified atom stereocenters. The van der Waals surface area contributed by atoms with E-state index in [0.717, 1.165) is 40.3 Å². The van der Waals surface area contributed by atoms with E-state index in [2.05, 4.69) is 22.9 Å². The van der Waals surface area contributed by atoms with Gasteiger partial charge in [0, 0.05) is 16.6 Å². The van der Waals surface area contributed by atoms with Crippen molar-refractivity contribution in [3.8, 4) is 17.2 Å². The van der Waals surface area contributed by atoms with Gasteiger partial charge in [-0.2, -0.15) is 0 Å². The van der Waals surface area contributed by atoms with Crippen molar-refractivity contribution in [1.82, 2.24) is 0 Å². The zero-order chi connectivity index (χ0) is 14.4. The lowest BCUT2D eigenvalue weighted by Crippen LogP contribution is -2.00. The highest BCUT2D eigenvalue weighted by atomic mass is 79.9. The van der Waals surface area contributed by atoms with E-state index in [-0.39, 0.29) is 0 Å². The first-order chi connectivity index (χ1) is 9.74. The average Bonchev–Trinajstić information content (AvgIpc) is 2.47. The van der Waals surface area contributed by atoms with Crippen LogP contribution < -0.4 is 15.2 Å². The summed E-state index contributed by atoms with van der Waals surface area (Å²) < 4.78 is 12.4. The Kier molecular flexibility index (Phi) is 5.44. The fraction of sp³-hybridized carbons (Fsp3) is 0.250. The van der Waals surface area contributed by atoms with Crippen LogP contribution in [0.2, 0.25) is 0 Å². The van der Waals surface area contributed by atoms with Gasteiger partial charge >= 0.3 is 0 Å². The van der Waals surface area contributed by atoms with Crippen molar-refractivity contribution < 1.29 is 9.47 Å². The normalized spacial score (nSPS) is 10.3. The average molecular weight is 336 g/mol. The van der Waals surface area contributed by atoms with Crippen molar-refractivity contribution in [3.63, 3.8) is 0 Å². The largest absolute Gasteiger partial charge is 0.494 e. The van der Waals surface area contributed by atoms with Crippen LogP contribution in [-0.2, 0) is 6.54 Å². The number of halogens is 1. The Balaban J connectivity index is 2.12. The Morgan fingerprint density at radius 1 is 1.05 bits per heavy atom. The molecule has 0 saturated carbocycles. The van der Waals surface area contributed by atoms with Gasteiger partial charge in [0.05, 0.1) is 6.61 Å². The highest BCUT2D eigenvalue weighted by Gasteiger charge is 2.07. The van der Waals surface area contributed by atoms with Crippen LogP contribution in [0, 0.1) is 0 Å². The first kappa shape index (κ1) is 14.9. The van der Waals surface area contributed by atoms with E-state index < -0.39 is 0 Å². The lowest BCUT2D eigenvalue weighted by atomic mass is 10.2. The molecule has 3 nitrogen and oxygen atoms in total. The molecule has 0 atom stereocenters. The third kappa shape index (κ3) is 3.74. The molecule has 0 radical (unpaired) electrons. The van der Waals surface area contributed by atoms with E-state index >= 15 is 0 Å². The van der Waals surface area contributed by atoms with E-state index in [0.29, 0.717) is 6.54 Å². The first-order valence-corrected chi connectivity index (χ1v) is 7.42. The molecular formula is C16H18BrNO2. The number of benzene rings is 2. The fourth-order valence-electron chi connectivity index (χ4n) is 1.78. The van der Waals surface area contributed by atoms with Gasteiger partial charge in [0.2, 0.25) is 0 Å². The van der Waals surface area contributed by atoms with Gasteiger partial charge in [-0.15, -0.1) is 0 Å². The molecule has 0 aliphatic heterocycles. The molecule has 0 bridgehead atoms. The molecule has 0 aromatic heterocycles. The van der Waals surface area contributed by atoms with Gasteiger partial charge in [0.25, 0.3) is 0 Å². The number of ether oxygens (including phenoxy) is 2. The zero-order valence-corrected chi connectivity index (χ0v) is 13.0. The Labute approximate surface area is 127 Å². The van der Waals surface area contributed by atoms with Crippen molar-refractivity contribution in [1.29, 1.82) is 0 Å². The molecule has 2 N–H and O–H groups in total. The summed E-state index contributed by atoms with van der Waals surface area (Å²) in [5.41, 5.74) is 6.71. The standard InChI is InChI=1S/C16H18BrNO2/c1-2-10-19-12-6-8-13(9-7-12)20-16-5-3-4-15(17)14(16)11-18/h3-9H,2,10-11,18H2,1H3. The third-order valence-corrected chi connectivity index (χ3v) is 3.55. The van der Waals surface area contributed by atoms with Gasteiger partial charge < -0.3 is 15.2 Å². The quantitative estimate of drug-likeness (QED) is 0.845. The van der Waals surface area contributed by atoms with Gasteiger partial charge in [0.1, 0.15) is 17.2 Å². The molecule has 0 aliphatic carbocycles. The molecule has 2 aromatic carbocycles. The first-order valence-electron chi connectivity index (χ1n) is 6.62. The number of hydrogen-bond acceptors (Lipinski definition) is 3. The highest BCUT2D eigenvalue weighted by Crippen LogP contribution is 2.31. The second-order valence-electron chi connectivity index (χ2n) is 4.34. The van der Waals surface area contributed by atoms with Crippen LogP contribution in [0.5, 0.6) is 17.2 Å². The summed E-state index contributed by atoms with van der Waals surface area (Å²) in [5, 5.41) is 0. The maximum atomic E-state index is 5.88. The minimum Gasteiger partial charge on any atom is -0.494 e. The lowest BCUT2D eigenvalue weighted by molar-refractivity contribution is 0.317. The van der Waals surface area contributed by atoms with Crippen molar-refractivity contribution in [3.05, 3.63) is 52.5 Å². The summed E-state index contributed by atoms with van der Waals surface area (Å²) in [5.74, 6) is 2.39. The predicted octanol–water partition coefficient (Wildman–Crippen LogP) is 4.49. The maximum Gasteiger partial charge on any atom is 0.133 e. The monoisotopic (exact) mass is 335 g/mol. The molecule has 0 aliphatic rings. The smallest absolute Gasteiger partial charge is 0.133 e. The van der Waals surface area contributed by atoms with Crippen LogP contribution in [0.15, 0.2) is 46.9 Å². The van der Waals surface area contributed by atoms with Crippen LogP contribution in [0.1, 0.15) is 18.9 Å². The van der Waals surface area contributed by atoms with Crippen molar-refractivity contribution in [2.45, 2.75) is 19.9 Å². The van der Waals surface area contributed by atoms with Crippen LogP contribution >= 0.6 is 15.9 Å². The number of rotatable bonds is 6. The van der Waals surface area contributed by atoms with Gasteiger partial charge in [-0.25, -0.2) is 0 Å². The molecule has 106 valence electrons. The Hall–Kier alpha value is -1.52. The molecule has 2 rings (SSSR count). The van der Waals surface area contributed by atoms with E-state index in [1.807, 2.05) is 42.5 Å². The second kappa shape index (κ2) is 7.31. The third-order valence-electron chi connectivity index (χ3n) is 2.80. The molecule has 20 heavy (non-hydrogen) atoms. The lowest BCUT2D eigenvalue weighted by Gasteiger charge is -2.12. The van der Waals surface area contributed by atoms with Gasteiger partial charge in [-0.3, -0.25) is 0 Å². The Bertz CT molecular complexity index is 555. The summed E-state index contributed by atoms with van der Waals surface area (Å²) in [6, 6.07) is 13.4. The minimum absolute atomic E-state index is 0.425. The molecule has 0 heterocycles. The van der Waals surface area contributed by atoms with E-state index in [4.69, 9.17) is 15.2 Å². The van der Waals surface area contributed by atoms with E-state index in [9.17, 15) is 0 Å². The molecule has 0 fully saturated rings. The number of hydrogen-bond donors (Lipinski definition) is 1. The zero-order valence-electron chi connectivity index (χ0n) is 11.4. The summed E-state index contributed by atoms with van der Waals surface area (Å²) in [6.45, 7) is 3.23. The van der Waals surface area contributed by atoms with Gasteiger partial charge in [-0.1, -0.05) is 28.9 Å². The minimum atomic E-state index is 0.425. The Morgan fingerprint density at radius 2 is 1.75 bits per heavy atom. The van der Waals surface area contributed by atoms with Crippen LogP contribution in [0.25, 0.3) is 0 Å². The Morgan fingerprint density at radius 3 is 2.40 bits per heavy atom. The van der Waals surface area contributed by atoms with Crippen LogP contribution in [0.3, 0.4) is 0 Å². The fourth-order valence-corrected chi connectivity index (χ4v) is 2.29. The van der Waals surface area contributed by atoms with Crippen molar-refractivity contribution >= 4 is 15.9 Å². The predicted molar refractivity (Wildman–Crippen MR) is 84.3 cm³/mol. The summed E-state index contributed by atoms with van der Waals surface area (Å²) in [7, 11) is 0. The highest BCUT2D eigenvalue weighted by molar-refractivity contribution is 9.10. The SMILES string of the molecule is CCCOc1ccc(Oc2cccc(Br)c2CN)cc1. The summed E-state index contributed by atoms with van der Waals surface area (Å²) in [6.07, 6.45) is 0.996. The number of nitrogens with two attached hydrogens (primary N) is 1. The van der Waals surface area contributed by atoms with E-state index in [1.54, 1.807) is 0 Å². The van der Waals surface area contributed by atoms with Crippen molar-refractivity contribution in [2.24, 2.45) is 5.73 Å². The molecular weight excluding hydrogens is 318 g/mol. The van der Waals surface area contributed by atoms with Crippen molar-refractivity contribution in [2.75, 3.05) is 6.61 Å². The molecule has 0 amide bonds. The molecule has 4 heteroatoms.